The maximum atomic E-state index is 13.4. The van der Waals surface area contributed by atoms with Gasteiger partial charge >= 0.3 is 0 Å². The van der Waals surface area contributed by atoms with Crippen LogP contribution in [0, 0.1) is 6.92 Å². The van der Waals surface area contributed by atoms with Crippen molar-refractivity contribution >= 4 is 17.2 Å². The largest absolute Gasteiger partial charge is 0.497 e. The second-order valence-corrected chi connectivity index (χ2v) is 9.19. The highest BCUT2D eigenvalue weighted by Crippen LogP contribution is 2.19. The monoisotopic (exact) mass is 481 g/mol. The summed E-state index contributed by atoms with van der Waals surface area (Å²) in [7, 11) is 1.61. The number of aryl methyl sites for hydroxylation is 1. The molecule has 0 aliphatic carbocycles. The maximum Gasteiger partial charge on any atom is 0.254 e. The van der Waals surface area contributed by atoms with Crippen LogP contribution in [0.3, 0.4) is 0 Å². The van der Waals surface area contributed by atoms with E-state index in [1.807, 2.05) is 59.7 Å². The quantitative estimate of drug-likeness (QED) is 0.436. The standard InChI is InChI=1S/C26H31N3O4S/c1-20-5-3-8-24(15-20)33-18-25-27-22(19-34-25)17-29(10-9-28-11-13-32-14-12-28)26(30)21-6-4-7-23(16-21)31-2/h3-8,15-16,19H,9-14,17-18H2,1-2H3. The summed E-state index contributed by atoms with van der Waals surface area (Å²) in [5.41, 5.74) is 2.63. The first-order valence-corrected chi connectivity index (χ1v) is 12.3. The van der Waals surface area contributed by atoms with Gasteiger partial charge in [-0.25, -0.2) is 4.98 Å². The van der Waals surface area contributed by atoms with Crippen molar-refractivity contribution < 1.29 is 19.0 Å². The highest BCUT2D eigenvalue weighted by molar-refractivity contribution is 7.09. The van der Waals surface area contributed by atoms with Crippen LogP contribution >= 0.6 is 11.3 Å². The molecule has 7 nitrogen and oxygen atoms in total. The van der Waals surface area contributed by atoms with Crippen molar-refractivity contribution in [2.45, 2.75) is 20.1 Å². The van der Waals surface area contributed by atoms with Crippen LogP contribution in [-0.4, -0.2) is 67.2 Å². The van der Waals surface area contributed by atoms with Gasteiger partial charge in [-0.1, -0.05) is 18.2 Å². The van der Waals surface area contributed by atoms with Gasteiger partial charge in [0.1, 0.15) is 23.1 Å². The van der Waals surface area contributed by atoms with Gasteiger partial charge in [0.25, 0.3) is 5.91 Å². The molecule has 1 aliphatic rings. The molecule has 1 aliphatic heterocycles. The lowest BCUT2D eigenvalue weighted by Crippen LogP contribution is -2.43. The van der Waals surface area contributed by atoms with Gasteiger partial charge in [-0.3, -0.25) is 9.69 Å². The number of rotatable bonds is 10. The van der Waals surface area contributed by atoms with E-state index in [2.05, 4.69) is 4.90 Å². The molecule has 0 atom stereocenters. The van der Waals surface area contributed by atoms with Crippen molar-refractivity contribution in [3.63, 3.8) is 0 Å². The summed E-state index contributed by atoms with van der Waals surface area (Å²) < 4.78 is 16.7. The predicted molar refractivity (Wildman–Crippen MR) is 133 cm³/mol. The number of nitrogens with zero attached hydrogens (tertiary/aromatic N) is 3. The zero-order valence-corrected chi connectivity index (χ0v) is 20.6. The normalized spacial score (nSPS) is 14.1. The van der Waals surface area contributed by atoms with E-state index in [0.717, 1.165) is 54.9 Å². The molecule has 0 N–H and O–H groups in total. The Bertz CT molecular complexity index is 1080. The molecule has 1 fully saturated rings. The van der Waals surface area contributed by atoms with Crippen molar-refractivity contribution in [2.75, 3.05) is 46.5 Å². The minimum atomic E-state index is -0.0299. The third-order valence-corrected chi connectivity index (χ3v) is 6.57. The minimum Gasteiger partial charge on any atom is -0.497 e. The van der Waals surface area contributed by atoms with E-state index in [9.17, 15) is 4.79 Å². The van der Waals surface area contributed by atoms with Crippen LogP contribution in [-0.2, 0) is 17.9 Å². The molecule has 2 aromatic carbocycles. The zero-order valence-electron chi connectivity index (χ0n) is 19.7. The van der Waals surface area contributed by atoms with Gasteiger partial charge in [-0.2, -0.15) is 0 Å². The van der Waals surface area contributed by atoms with Gasteiger partial charge in [0.2, 0.25) is 0 Å². The van der Waals surface area contributed by atoms with Crippen LogP contribution in [0.25, 0.3) is 0 Å². The van der Waals surface area contributed by atoms with E-state index in [4.69, 9.17) is 19.2 Å². The summed E-state index contributed by atoms with van der Waals surface area (Å²) in [6, 6.07) is 15.3. The van der Waals surface area contributed by atoms with Gasteiger partial charge in [0, 0.05) is 37.1 Å². The SMILES string of the molecule is COc1cccc(C(=O)N(CCN2CCOCC2)Cc2csc(COc3cccc(C)c3)n2)c1. The van der Waals surface area contributed by atoms with Gasteiger partial charge in [0.05, 0.1) is 32.6 Å². The van der Waals surface area contributed by atoms with Gasteiger partial charge < -0.3 is 19.1 Å². The minimum absolute atomic E-state index is 0.0299. The van der Waals surface area contributed by atoms with Crippen molar-refractivity contribution in [2.24, 2.45) is 0 Å². The number of benzene rings is 2. The van der Waals surface area contributed by atoms with Crippen molar-refractivity contribution in [1.82, 2.24) is 14.8 Å². The molecule has 1 aromatic heterocycles. The maximum absolute atomic E-state index is 13.4. The second-order valence-electron chi connectivity index (χ2n) is 8.25. The van der Waals surface area contributed by atoms with Gasteiger partial charge in [0.15, 0.2) is 0 Å². The number of carbonyl (C=O) groups excluding carboxylic acids is 1. The topological polar surface area (TPSA) is 64.1 Å². The molecule has 4 rings (SSSR count). The number of morpholine rings is 1. The Hall–Kier alpha value is -2.94. The van der Waals surface area contributed by atoms with Crippen LogP contribution in [0.5, 0.6) is 11.5 Å². The summed E-state index contributed by atoms with van der Waals surface area (Å²) in [6.45, 7) is 7.55. The van der Waals surface area contributed by atoms with Crippen LogP contribution in [0.1, 0.15) is 26.6 Å². The Balaban J connectivity index is 1.43. The Morgan fingerprint density at radius 2 is 1.94 bits per heavy atom. The highest BCUT2D eigenvalue weighted by atomic mass is 32.1. The second kappa shape index (κ2) is 12.0. The average Bonchev–Trinajstić information content (AvgIpc) is 3.33. The predicted octanol–water partition coefficient (Wildman–Crippen LogP) is 4.01. The molecule has 34 heavy (non-hydrogen) atoms. The van der Waals surface area contributed by atoms with E-state index >= 15 is 0 Å². The van der Waals surface area contributed by atoms with Gasteiger partial charge in [-0.15, -0.1) is 11.3 Å². The molecular formula is C26H31N3O4S. The summed E-state index contributed by atoms with van der Waals surface area (Å²) >= 11 is 1.55. The molecule has 0 saturated carbocycles. The molecule has 0 bridgehead atoms. The smallest absolute Gasteiger partial charge is 0.254 e. The molecule has 1 saturated heterocycles. The van der Waals surface area contributed by atoms with Crippen LogP contribution in [0.15, 0.2) is 53.9 Å². The van der Waals surface area contributed by atoms with E-state index in [1.165, 1.54) is 0 Å². The Kier molecular flexibility index (Phi) is 8.51. The fourth-order valence-corrected chi connectivity index (χ4v) is 4.51. The Labute approximate surface area is 204 Å². The number of methoxy groups -OCH3 is 1. The number of ether oxygens (including phenoxy) is 3. The van der Waals surface area contributed by atoms with Crippen LogP contribution in [0.4, 0.5) is 0 Å². The van der Waals surface area contributed by atoms with E-state index < -0.39 is 0 Å². The Morgan fingerprint density at radius 1 is 1.15 bits per heavy atom. The molecule has 0 spiro atoms. The number of aromatic nitrogens is 1. The summed E-state index contributed by atoms with van der Waals surface area (Å²) in [4.78, 5) is 22.3. The van der Waals surface area contributed by atoms with E-state index in [0.29, 0.717) is 31.0 Å². The lowest BCUT2D eigenvalue weighted by Gasteiger charge is -2.30. The summed E-state index contributed by atoms with van der Waals surface area (Å²) in [6.07, 6.45) is 0. The molecule has 2 heterocycles. The van der Waals surface area contributed by atoms with Crippen molar-refractivity contribution in [1.29, 1.82) is 0 Å². The van der Waals surface area contributed by atoms with Gasteiger partial charge in [-0.05, 0) is 42.8 Å². The number of amides is 1. The van der Waals surface area contributed by atoms with E-state index in [1.54, 1.807) is 24.5 Å². The van der Waals surface area contributed by atoms with Crippen molar-refractivity contribution in [3.05, 3.63) is 75.7 Å². The molecule has 180 valence electrons. The van der Waals surface area contributed by atoms with Crippen LogP contribution in [0.2, 0.25) is 0 Å². The summed E-state index contributed by atoms with van der Waals surface area (Å²) in [5.74, 6) is 1.47. The molecule has 8 heteroatoms. The number of hydrogen-bond donors (Lipinski definition) is 0. The van der Waals surface area contributed by atoms with E-state index in [-0.39, 0.29) is 5.91 Å². The highest BCUT2D eigenvalue weighted by Gasteiger charge is 2.20. The molecule has 3 aromatic rings. The fraction of sp³-hybridized carbons (Fsp3) is 0.385. The van der Waals surface area contributed by atoms with Crippen LogP contribution < -0.4 is 9.47 Å². The number of thiazole rings is 1. The molecule has 0 radical (unpaired) electrons. The average molecular weight is 482 g/mol. The Morgan fingerprint density at radius 3 is 2.74 bits per heavy atom. The third kappa shape index (κ3) is 6.79. The molecular weight excluding hydrogens is 450 g/mol. The molecule has 0 unspecified atom stereocenters. The zero-order chi connectivity index (χ0) is 23.8. The summed E-state index contributed by atoms with van der Waals surface area (Å²) in [5, 5.41) is 2.90. The third-order valence-electron chi connectivity index (χ3n) is 5.70. The number of carbonyl (C=O) groups is 1. The van der Waals surface area contributed by atoms with Crippen molar-refractivity contribution in [3.8, 4) is 11.5 Å². The lowest BCUT2D eigenvalue weighted by molar-refractivity contribution is 0.0319. The number of hydrogen-bond acceptors (Lipinski definition) is 7. The lowest BCUT2D eigenvalue weighted by atomic mass is 10.2. The first-order chi connectivity index (χ1) is 16.6. The first-order valence-electron chi connectivity index (χ1n) is 11.5. The fourth-order valence-electron chi connectivity index (χ4n) is 3.81. The molecule has 1 amide bonds. The first kappa shape index (κ1) is 24.2.